The number of amidine groups is 1. The highest BCUT2D eigenvalue weighted by Gasteiger charge is 2.38. The molecule has 6 aliphatic rings. The largest absolute Gasteiger partial charge is 0.320 e. The molecule has 250 valence electrons. The van der Waals surface area contributed by atoms with Gasteiger partial charge < -0.3 is 4.90 Å². The Bertz CT molecular complexity index is 2380. The molecule has 4 aromatic rings. The zero-order valence-corrected chi connectivity index (χ0v) is 29.2. The number of aliphatic imine (C=N–C) groups is 1. The minimum atomic E-state index is 0.166. The summed E-state index contributed by atoms with van der Waals surface area (Å²) in [5, 5.41) is 5.53. The van der Waals surface area contributed by atoms with Crippen LogP contribution in [0.5, 0.6) is 0 Å². The molecule has 2 nitrogen and oxygen atoms in total. The minimum absolute atomic E-state index is 0.166. The number of nitrogens with zero attached hydrogens (tertiary/aromatic N) is 2. The van der Waals surface area contributed by atoms with E-state index in [9.17, 15) is 0 Å². The second-order valence-electron chi connectivity index (χ2n) is 15.1. The van der Waals surface area contributed by atoms with Gasteiger partial charge >= 0.3 is 0 Å². The molecule has 5 aliphatic carbocycles. The van der Waals surface area contributed by atoms with Gasteiger partial charge in [0.25, 0.3) is 0 Å². The summed E-state index contributed by atoms with van der Waals surface area (Å²) in [7, 11) is 0. The van der Waals surface area contributed by atoms with Crippen molar-refractivity contribution in [2.24, 2.45) is 22.7 Å². The third-order valence-electron chi connectivity index (χ3n) is 12.1. The Labute approximate surface area is 301 Å². The lowest BCUT2D eigenvalue weighted by atomic mass is 9.68. The van der Waals surface area contributed by atoms with E-state index in [-0.39, 0.29) is 12.1 Å². The van der Waals surface area contributed by atoms with Crippen molar-refractivity contribution in [1.82, 2.24) is 0 Å². The van der Waals surface area contributed by atoms with E-state index < -0.39 is 0 Å². The second-order valence-corrected chi connectivity index (χ2v) is 15.1. The average molecular weight is 661 g/mol. The van der Waals surface area contributed by atoms with Crippen LogP contribution in [0, 0.1) is 17.8 Å². The Hall–Kier alpha value is -5.21. The predicted molar refractivity (Wildman–Crippen MR) is 215 cm³/mol. The Morgan fingerprint density at radius 3 is 2.31 bits per heavy atom. The van der Waals surface area contributed by atoms with Crippen molar-refractivity contribution in [2.45, 2.75) is 57.0 Å². The summed E-state index contributed by atoms with van der Waals surface area (Å²) in [4.78, 5) is 7.74. The second kappa shape index (κ2) is 12.8. The molecule has 0 amide bonds. The highest BCUT2D eigenvalue weighted by Crippen LogP contribution is 2.45. The maximum atomic E-state index is 5.26. The molecule has 0 radical (unpaired) electrons. The van der Waals surface area contributed by atoms with Crippen LogP contribution in [-0.4, -0.2) is 17.9 Å². The fraction of sp³-hybridized carbons (Fsp3) is 0.245. The molecule has 1 heterocycles. The first kappa shape index (κ1) is 30.6. The number of allylic oxidation sites excluding steroid dienone is 9. The fourth-order valence-electron chi connectivity index (χ4n) is 9.70. The Balaban J connectivity index is 1.11. The van der Waals surface area contributed by atoms with Crippen LogP contribution in [0.3, 0.4) is 0 Å². The standard InChI is InChI=1S/C49H44N2/c1-3-14-35(15-4-1)47-41-19-9-10-20-42(41)48(39-24-23-33-13-7-8-18-37(33)31-39)43-30-27-38(32-44(43)47)34-25-28-40(29-26-34)51-46-22-12-11-21-45(46)50-49(51)36-16-5-2-6-17-36/h1-3,5-8,11-13,16,18-19,21-32,35-36,42,45-46H,4,9-10,14-15,17,20H2. The van der Waals surface area contributed by atoms with E-state index in [1.54, 1.807) is 11.1 Å². The van der Waals surface area contributed by atoms with Gasteiger partial charge in [0, 0.05) is 17.5 Å². The van der Waals surface area contributed by atoms with Gasteiger partial charge in [-0.1, -0.05) is 127 Å². The number of rotatable bonds is 5. The lowest BCUT2D eigenvalue weighted by molar-refractivity contribution is 0.563. The van der Waals surface area contributed by atoms with Gasteiger partial charge in [-0.15, -0.1) is 0 Å². The van der Waals surface area contributed by atoms with Crippen LogP contribution in [0.1, 0.15) is 50.5 Å². The first-order chi connectivity index (χ1) is 25.3. The summed E-state index contributed by atoms with van der Waals surface area (Å²) in [6.45, 7) is 0. The van der Waals surface area contributed by atoms with Crippen LogP contribution in [0.25, 0.3) is 33.0 Å². The van der Waals surface area contributed by atoms with Gasteiger partial charge in [-0.3, -0.25) is 4.99 Å². The van der Waals surface area contributed by atoms with E-state index in [2.05, 4.69) is 157 Å². The smallest absolute Gasteiger partial charge is 0.112 e. The zero-order chi connectivity index (χ0) is 33.7. The van der Waals surface area contributed by atoms with E-state index in [4.69, 9.17) is 4.99 Å². The van der Waals surface area contributed by atoms with Crippen molar-refractivity contribution in [2.75, 3.05) is 4.90 Å². The highest BCUT2D eigenvalue weighted by atomic mass is 15.3. The Kier molecular flexibility index (Phi) is 7.70. The van der Waals surface area contributed by atoms with Crippen LogP contribution in [0.2, 0.25) is 0 Å². The van der Waals surface area contributed by atoms with E-state index >= 15 is 0 Å². The van der Waals surface area contributed by atoms with Gasteiger partial charge in [-0.25, -0.2) is 0 Å². The normalized spacial score (nSPS) is 26.2. The van der Waals surface area contributed by atoms with Crippen LogP contribution >= 0.6 is 0 Å². The lowest BCUT2D eigenvalue weighted by Gasteiger charge is -2.36. The van der Waals surface area contributed by atoms with E-state index in [0.717, 1.165) is 12.8 Å². The van der Waals surface area contributed by atoms with Crippen LogP contribution in [0.4, 0.5) is 5.69 Å². The molecule has 0 aromatic heterocycles. The summed E-state index contributed by atoms with van der Waals surface area (Å²) in [6.07, 6.45) is 33.4. The molecule has 2 heteroatoms. The van der Waals surface area contributed by atoms with Gasteiger partial charge in [-0.05, 0) is 130 Å². The molecule has 0 saturated carbocycles. The molecule has 0 N–H and O–H groups in total. The summed E-state index contributed by atoms with van der Waals surface area (Å²) >= 11 is 0. The fourth-order valence-corrected chi connectivity index (χ4v) is 9.70. The molecular formula is C49H44N2. The van der Waals surface area contributed by atoms with Gasteiger partial charge in [0.05, 0.1) is 12.1 Å². The number of anilines is 1. The molecule has 0 fully saturated rings. The Morgan fingerprint density at radius 2 is 1.45 bits per heavy atom. The molecule has 51 heavy (non-hydrogen) atoms. The monoisotopic (exact) mass is 660 g/mol. The number of hydrogen-bond donors (Lipinski definition) is 0. The van der Waals surface area contributed by atoms with E-state index in [1.807, 2.05) is 0 Å². The number of fused-ring (bicyclic) bond motifs is 4. The first-order valence-electron chi connectivity index (χ1n) is 19.2. The van der Waals surface area contributed by atoms with Gasteiger partial charge in [0.1, 0.15) is 5.84 Å². The van der Waals surface area contributed by atoms with Crippen molar-refractivity contribution >= 4 is 33.4 Å². The quantitative estimate of drug-likeness (QED) is 0.195. The number of benzene rings is 4. The van der Waals surface area contributed by atoms with Gasteiger partial charge in [0.2, 0.25) is 0 Å². The summed E-state index contributed by atoms with van der Waals surface area (Å²) in [5.41, 5.74) is 9.92. The molecule has 0 spiro atoms. The van der Waals surface area contributed by atoms with Crippen molar-refractivity contribution in [3.8, 4) is 11.1 Å². The highest BCUT2D eigenvalue weighted by molar-refractivity contribution is 6.04. The average Bonchev–Trinajstić information content (AvgIpc) is 3.60. The van der Waals surface area contributed by atoms with Gasteiger partial charge in [-0.2, -0.15) is 0 Å². The number of hydrogen-bond acceptors (Lipinski definition) is 2. The van der Waals surface area contributed by atoms with Crippen molar-refractivity contribution in [3.63, 3.8) is 0 Å². The van der Waals surface area contributed by atoms with Crippen LogP contribution in [-0.2, 0) is 0 Å². The maximum Gasteiger partial charge on any atom is 0.112 e. The molecule has 0 saturated heterocycles. The van der Waals surface area contributed by atoms with Crippen molar-refractivity contribution in [1.29, 1.82) is 0 Å². The summed E-state index contributed by atoms with van der Waals surface area (Å²) in [6, 6.07) is 33.1. The molecule has 5 atom stereocenters. The maximum absolute atomic E-state index is 5.26. The third-order valence-corrected chi connectivity index (χ3v) is 12.1. The van der Waals surface area contributed by atoms with Crippen molar-refractivity contribution < 1.29 is 0 Å². The van der Waals surface area contributed by atoms with E-state index in [0.29, 0.717) is 17.8 Å². The minimum Gasteiger partial charge on any atom is -0.320 e. The topological polar surface area (TPSA) is 15.6 Å². The third kappa shape index (κ3) is 5.35. The zero-order valence-electron chi connectivity index (χ0n) is 29.2. The molecule has 0 bridgehead atoms. The molecular weight excluding hydrogens is 617 g/mol. The van der Waals surface area contributed by atoms with Crippen LogP contribution in [0.15, 0.2) is 162 Å². The molecule has 4 aromatic carbocycles. The molecule has 5 unspecified atom stereocenters. The predicted octanol–water partition coefficient (Wildman–Crippen LogP) is 10.2. The summed E-state index contributed by atoms with van der Waals surface area (Å²) in [5.74, 6) is 2.50. The first-order valence-corrected chi connectivity index (χ1v) is 19.2. The lowest BCUT2D eigenvalue weighted by Crippen LogP contribution is -2.41. The van der Waals surface area contributed by atoms with Crippen molar-refractivity contribution in [3.05, 3.63) is 173 Å². The summed E-state index contributed by atoms with van der Waals surface area (Å²) < 4.78 is 0. The molecule has 1 aliphatic heterocycles. The SMILES string of the molecule is C1=CCC(C2=NC3C=CC=CC3N2c2ccc(-c3ccc4c(c3)=C(C3CC=CCC3)C3=CCCCC3C=4c3ccc4ccccc4c3)cc2)C=C1. The molecule has 10 rings (SSSR count). The Morgan fingerprint density at radius 1 is 0.608 bits per heavy atom. The van der Waals surface area contributed by atoms with E-state index in [1.165, 1.54) is 87.1 Å². The van der Waals surface area contributed by atoms with Gasteiger partial charge in [0.15, 0.2) is 0 Å². The van der Waals surface area contributed by atoms with Crippen LogP contribution < -0.4 is 15.3 Å².